The average molecular weight is 383 g/mol. The van der Waals surface area contributed by atoms with Gasteiger partial charge in [0.1, 0.15) is 23.2 Å². The summed E-state index contributed by atoms with van der Waals surface area (Å²) in [4.78, 5) is 12.7. The van der Waals surface area contributed by atoms with E-state index >= 15 is 0 Å². The molecule has 1 saturated heterocycles. The summed E-state index contributed by atoms with van der Waals surface area (Å²) in [6, 6.07) is 1.28. The lowest BCUT2D eigenvalue weighted by Crippen LogP contribution is -2.20. The number of benzene rings is 1. The van der Waals surface area contributed by atoms with Crippen LogP contribution in [0.5, 0.6) is 11.5 Å². The molecule has 0 amide bonds. The van der Waals surface area contributed by atoms with Crippen LogP contribution in [0.3, 0.4) is 0 Å². The molecule has 0 saturated carbocycles. The second-order valence-corrected chi connectivity index (χ2v) is 7.09. The zero-order valence-electron chi connectivity index (χ0n) is 14.8. The van der Waals surface area contributed by atoms with E-state index in [1.165, 1.54) is 13.2 Å². The van der Waals surface area contributed by atoms with E-state index in [-0.39, 0.29) is 46.8 Å². The number of epoxide rings is 1. The lowest BCUT2D eigenvalue weighted by molar-refractivity contribution is 0.0305. The number of carbonyl (C=O) groups excluding carboxylic acids is 1. The minimum absolute atomic E-state index is 0.0413. The molecule has 2 heterocycles. The lowest BCUT2D eigenvalue weighted by atomic mass is 9.98. The Balaban J connectivity index is 1.98. The molecule has 2 aliphatic rings. The van der Waals surface area contributed by atoms with Gasteiger partial charge >= 0.3 is 5.97 Å². The van der Waals surface area contributed by atoms with Crippen molar-refractivity contribution in [3.05, 3.63) is 34.4 Å². The lowest BCUT2D eigenvalue weighted by Gasteiger charge is -2.19. The highest BCUT2D eigenvalue weighted by Crippen LogP contribution is 2.39. The van der Waals surface area contributed by atoms with E-state index in [2.05, 4.69) is 0 Å². The number of phenolic OH excluding ortho intramolecular Hbond substituents is 1. The van der Waals surface area contributed by atoms with Gasteiger partial charge in [-0.15, -0.1) is 0 Å². The number of halogens is 1. The maximum atomic E-state index is 12.7. The Labute approximate surface area is 157 Å². The first-order valence-electron chi connectivity index (χ1n) is 8.70. The summed E-state index contributed by atoms with van der Waals surface area (Å²) in [6.45, 7) is 1.79. The fraction of sp³-hybridized carbons (Fsp3) is 0.526. The highest BCUT2D eigenvalue weighted by Gasteiger charge is 2.39. The number of hydrogen-bond acceptors (Lipinski definition) is 6. The van der Waals surface area contributed by atoms with Gasteiger partial charge in [-0.1, -0.05) is 23.8 Å². The third-order valence-corrected chi connectivity index (χ3v) is 5.09. The zero-order chi connectivity index (χ0) is 18.8. The van der Waals surface area contributed by atoms with Crippen molar-refractivity contribution in [3.63, 3.8) is 0 Å². The van der Waals surface area contributed by atoms with Gasteiger partial charge in [0.2, 0.25) is 0 Å². The Bertz CT molecular complexity index is 716. The number of hydrogen-bond donors (Lipinski definition) is 2. The van der Waals surface area contributed by atoms with Crippen LogP contribution >= 0.6 is 11.6 Å². The number of allylic oxidation sites excluding steroid dienone is 1. The van der Waals surface area contributed by atoms with E-state index in [4.69, 9.17) is 25.8 Å². The summed E-state index contributed by atoms with van der Waals surface area (Å²) < 4.78 is 16.2. The van der Waals surface area contributed by atoms with Gasteiger partial charge < -0.3 is 24.4 Å². The Morgan fingerprint density at radius 3 is 2.85 bits per heavy atom. The smallest absolute Gasteiger partial charge is 0.342 e. The van der Waals surface area contributed by atoms with Crippen LogP contribution in [0.15, 0.2) is 18.2 Å². The van der Waals surface area contributed by atoms with Crippen molar-refractivity contribution in [2.24, 2.45) is 0 Å². The number of carbonyl (C=O) groups is 1. The van der Waals surface area contributed by atoms with Gasteiger partial charge in [-0.3, -0.25) is 0 Å². The summed E-state index contributed by atoms with van der Waals surface area (Å²) in [5.74, 6) is -0.738. The van der Waals surface area contributed by atoms with E-state index in [0.29, 0.717) is 12.0 Å². The van der Waals surface area contributed by atoms with Crippen molar-refractivity contribution in [1.29, 1.82) is 0 Å². The van der Waals surface area contributed by atoms with E-state index < -0.39 is 12.1 Å². The summed E-state index contributed by atoms with van der Waals surface area (Å²) in [7, 11) is 1.42. The third-order valence-electron chi connectivity index (χ3n) is 4.68. The standard InChI is InChI=1S/C19H23ClO6/c1-10-7-15-14(26-15)6-4-3-5-11(21)8-12-17(19(23)25-10)13(22)9-16(24-2)18(12)20/h3,5,9-11,14-15,21-22H,4,6-8H2,1-2H3/b5-3+/t10-,11-,14+,15-/m1/s1. The predicted molar refractivity (Wildman–Crippen MR) is 95.9 cm³/mol. The van der Waals surface area contributed by atoms with Gasteiger partial charge in [0.05, 0.1) is 30.4 Å². The Morgan fingerprint density at radius 1 is 1.35 bits per heavy atom. The molecule has 1 aromatic carbocycles. The maximum absolute atomic E-state index is 12.7. The highest BCUT2D eigenvalue weighted by atomic mass is 35.5. The van der Waals surface area contributed by atoms with Crippen molar-refractivity contribution in [1.82, 2.24) is 0 Å². The molecule has 0 bridgehead atoms. The second-order valence-electron chi connectivity index (χ2n) is 6.71. The Hall–Kier alpha value is -1.76. The molecule has 0 radical (unpaired) electrons. The highest BCUT2D eigenvalue weighted by molar-refractivity contribution is 6.33. The van der Waals surface area contributed by atoms with E-state index in [0.717, 1.165) is 12.8 Å². The monoisotopic (exact) mass is 382 g/mol. The molecular weight excluding hydrogens is 360 g/mol. The summed E-state index contributed by atoms with van der Waals surface area (Å²) in [5, 5.41) is 20.8. The second kappa shape index (κ2) is 7.86. The topological polar surface area (TPSA) is 88.5 Å². The average Bonchev–Trinajstić information content (AvgIpc) is 3.31. The number of cyclic esters (lactones) is 1. The molecule has 3 rings (SSSR count). The van der Waals surface area contributed by atoms with Crippen LogP contribution in [-0.2, 0) is 15.9 Å². The maximum Gasteiger partial charge on any atom is 0.342 e. The summed E-state index contributed by atoms with van der Waals surface area (Å²) >= 11 is 6.35. The van der Waals surface area contributed by atoms with Gasteiger partial charge in [0.15, 0.2) is 0 Å². The molecule has 7 heteroatoms. The van der Waals surface area contributed by atoms with Crippen molar-refractivity contribution in [3.8, 4) is 11.5 Å². The van der Waals surface area contributed by atoms with Gasteiger partial charge in [-0.05, 0) is 25.3 Å². The van der Waals surface area contributed by atoms with Gasteiger partial charge in [-0.2, -0.15) is 0 Å². The molecule has 0 aromatic heterocycles. The molecule has 0 spiro atoms. The number of aliphatic hydroxyl groups is 1. The largest absolute Gasteiger partial charge is 0.507 e. The van der Waals surface area contributed by atoms with E-state index in [1.807, 2.05) is 6.08 Å². The molecule has 1 aromatic rings. The van der Waals surface area contributed by atoms with Gasteiger partial charge in [0.25, 0.3) is 0 Å². The molecule has 2 aliphatic heterocycles. The number of phenols is 1. The van der Waals surface area contributed by atoms with E-state index in [9.17, 15) is 15.0 Å². The van der Waals surface area contributed by atoms with Crippen molar-refractivity contribution < 1.29 is 29.2 Å². The van der Waals surface area contributed by atoms with Crippen LogP contribution in [0.1, 0.15) is 42.1 Å². The van der Waals surface area contributed by atoms with Crippen LogP contribution in [0.4, 0.5) is 0 Å². The first kappa shape index (κ1) is 19.0. The fourth-order valence-electron chi connectivity index (χ4n) is 3.29. The van der Waals surface area contributed by atoms with Crippen molar-refractivity contribution in [2.45, 2.75) is 57.0 Å². The van der Waals surface area contributed by atoms with Crippen LogP contribution in [0, 0.1) is 0 Å². The first-order valence-corrected chi connectivity index (χ1v) is 9.08. The molecule has 6 nitrogen and oxygen atoms in total. The zero-order valence-corrected chi connectivity index (χ0v) is 15.5. The molecule has 4 atom stereocenters. The molecule has 1 fully saturated rings. The minimum atomic E-state index is -0.859. The minimum Gasteiger partial charge on any atom is -0.507 e. The van der Waals surface area contributed by atoms with Crippen molar-refractivity contribution in [2.75, 3.05) is 7.11 Å². The quantitative estimate of drug-likeness (QED) is 0.441. The normalized spacial score (nSPS) is 30.4. The fourth-order valence-corrected chi connectivity index (χ4v) is 3.59. The number of esters is 1. The molecule has 26 heavy (non-hydrogen) atoms. The number of aliphatic hydroxyl groups excluding tert-OH is 1. The molecule has 0 aliphatic carbocycles. The van der Waals surface area contributed by atoms with Crippen LogP contribution in [-0.4, -0.2) is 47.7 Å². The summed E-state index contributed by atoms with van der Waals surface area (Å²) in [6.07, 6.45) is 4.88. The number of methoxy groups -OCH3 is 1. The van der Waals surface area contributed by atoms with Crippen molar-refractivity contribution >= 4 is 17.6 Å². The molecular formula is C19H23ClO6. The Kier molecular flexibility index (Phi) is 5.75. The number of fused-ring (bicyclic) bond motifs is 2. The third kappa shape index (κ3) is 4.14. The molecule has 2 N–H and O–H groups in total. The molecule has 0 unspecified atom stereocenters. The predicted octanol–water partition coefficient (Wildman–Crippen LogP) is 3.01. The number of ether oxygens (including phenoxy) is 3. The van der Waals surface area contributed by atoms with Gasteiger partial charge in [0, 0.05) is 18.9 Å². The van der Waals surface area contributed by atoms with Crippen LogP contribution < -0.4 is 4.74 Å². The first-order chi connectivity index (χ1) is 12.4. The summed E-state index contributed by atoms with van der Waals surface area (Å²) in [5.41, 5.74) is 0.260. The SMILES string of the molecule is COc1cc(O)c2c(c1Cl)C[C@H](O)/C=C/CC[C@@H]1O[C@@H]1C[C@@H](C)OC2=O. The Morgan fingerprint density at radius 2 is 2.12 bits per heavy atom. The molecule has 142 valence electrons. The van der Waals surface area contributed by atoms with Crippen LogP contribution in [0.2, 0.25) is 5.02 Å². The number of aromatic hydroxyl groups is 1. The van der Waals surface area contributed by atoms with E-state index in [1.54, 1.807) is 13.0 Å². The number of rotatable bonds is 1. The van der Waals surface area contributed by atoms with Gasteiger partial charge in [-0.25, -0.2) is 4.79 Å². The van der Waals surface area contributed by atoms with Crippen LogP contribution in [0.25, 0.3) is 0 Å².